The minimum Gasteiger partial charge on any atom is -0.391 e. The van der Waals surface area contributed by atoms with Crippen molar-refractivity contribution in [1.82, 2.24) is 0 Å². The highest BCUT2D eigenvalue weighted by Gasteiger charge is 2.29. The van der Waals surface area contributed by atoms with E-state index in [1.165, 1.54) is 17.7 Å². The smallest absolute Gasteiger partial charge is 0.391 e. The number of rotatable bonds is 5. The van der Waals surface area contributed by atoms with E-state index in [1.807, 2.05) is 31.2 Å². The predicted molar refractivity (Wildman–Crippen MR) is 84.3 cm³/mol. The van der Waals surface area contributed by atoms with Gasteiger partial charge >= 0.3 is 6.18 Å². The summed E-state index contributed by atoms with van der Waals surface area (Å²) in [6.45, 7) is 4.04. The molecule has 5 heteroatoms. The number of nitrogens with zero attached hydrogens (tertiary/aromatic N) is 1. The van der Waals surface area contributed by atoms with Crippen LogP contribution in [0.4, 0.5) is 13.2 Å². The van der Waals surface area contributed by atoms with Crippen molar-refractivity contribution in [2.45, 2.75) is 33.1 Å². The lowest BCUT2D eigenvalue weighted by molar-refractivity contribution is -0.137. The first-order valence-corrected chi connectivity index (χ1v) is 7.32. The van der Waals surface area contributed by atoms with E-state index in [2.05, 4.69) is 12.1 Å². The Morgan fingerprint density at radius 2 is 1.74 bits per heavy atom. The maximum atomic E-state index is 12.5. The molecule has 0 saturated heterocycles. The van der Waals surface area contributed by atoms with Crippen LogP contribution in [0, 0.1) is 0 Å². The monoisotopic (exact) mass is 321 g/mol. The molecular formula is C18H18F3NO. The van der Waals surface area contributed by atoms with Crippen molar-refractivity contribution in [3.63, 3.8) is 0 Å². The highest BCUT2D eigenvalue weighted by atomic mass is 19.4. The van der Waals surface area contributed by atoms with Crippen molar-refractivity contribution in [3.05, 3.63) is 70.8 Å². The molecule has 23 heavy (non-hydrogen) atoms. The fourth-order valence-electron chi connectivity index (χ4n) is 2.06. The van der Waals surface area contributed by atoms with Gasteiger partial charge in [0.2, 0.25) is 0 Å². The molecular weight excluding hydrogens is 303 g/mol. The highest BCUT2D eigenvalue weighted by Crippen LogP contribution is 2.29. The van der Waals surface area contributed by atoms with Crippen molar-refractivity contribution in [1.29, 1.82) is 0 Å². The number of hydrogen-bond donors (Lipinski definition) is 0. The topological polar surface area (TPSA) is 21.6 Å². The third-order valence-electron chi connectivity index (χ3n) is 3.47. The van der Waals surface area contributed by atoms with Gasteiger partial charge in [-0.25, -0.2) is 0 Å². The van der Waals surface area contributed by atoms with Crippen LogP contribution in [0.1, 0.15) is 36.1 Å². The Kier molecular flexibility index (Phi) is 5.42. The van der Waals surface area contributed by atoms with Crippen LogP contribution in [-0.4, -0.2) is 5.71 Å². The van der Waals surface area contributed by atoms with E-state index in [4.69, 9.17) is 4.84 Å². The third-order valence-corrected chi connectivity index (χ3v) is 3.47. The van der Waals surface area contributed by atoms with Crippen LogP contribution < -0.4 is 0 Å². The summed E-state index contributed by atoms with van der Waals surface area (Å²) in [6, 6.07) is 12.9. The van der Waals surface area contributed by atoms with E-state index < -0.39 is 11.7 Å². The molecule has 0 N–H and O–H groups in total. The predicted octanol–water partition coefficient (Wildman–Crippen LogP) is 5.21. The first-order chi connectivity index (χ1) is 10.9. The average Bonchev–Trinajstić information content (AvgIpc) is 2.54. The molecule has 0 spiro atoms. The van der Waals surface area contributed by atoms with Crippen molar-refractivity contribution in [2.75, 3.05) is 0 Å². The molecule has 0 amide bonds. The van der Waals surface area contributed by atoms with E-state index in [0.29, 0.717) is 5.56 Å². The molecule has 0 unspecified atom stereocenters. The van der Waals surface area contributed by atoms with Crippen LogP contribution >= 0.6 is 0 Å². The van der Waals surface area contributed by atoms with Crippen molar-refractivity contribution in [3.8, 4) is 0 Å². The summed E-state index contributed by atoms with van der Waals surface area (Å²) in [4.78, 5) is 5.24. The molecule has 2 rings (SSSR count). The molecule has 2 aromatic carbocycles. The second kappa shape index (κ2) is 7.31. The van der Waals surface area contributed by atoms with E-state index >= 15 is 0 Å². The largest absolute Gasteiger partial charge is 0.416 e. The zero-order chi connectivity index (χ0) is 16.9. The lowest BCUT2D eigenvalue weighted by atomic mass is 10.1. The summed E-state index contributed by atoms with van der Waals surface area (Å²) >= 11 is 0. The van der Waals surface area contributed by atoms with Crippen molar-refractivity contribution < 1.29 is 18.0 Å². The number of aryl methyl sites for hydroxylation is 1. The first-order valence-electron chi connectivity index (χ1n) is 7.32. The number of hydrogen-bond acceptors (Lipinski definition) is 2. The van der Waals surface area contributed by atoms with Gasteiger partial charge in [-0.3, -0.25) is 0 Å². The quantitative estimate of drug-likeness (QED) is 0.547. The molecule has 122 valence electrons. The fraction of sp³-hybridized carbons (Fsp3) is 0.278. The zero-order valence-electron chi connectivity index (χ0n) is 13.0. The van der Waals surface area contributed by atoms with Gasteiger partial charge in [0, 0.05) is 0 Å². The van der Waals surface area contributed by atoms with Crippen LogP contribution in [0.3, 0.4) is 0 Å². The lowest BCUT2D eigenvalue weighted by Crippen LogP contribution is -2.04. The molecule has 0 fully saturated rings. The maximum absolute atomic E-state index is 12.5. The van der Waals surface area contributed by atoms with Gasteiger partial charge in [0.1, 0.15) is 6.61 Å². The van der Waals surface area contributed by atoms with Crippen LogP contribution in [-0.2, 0) is 24.0 Å². The Morgan fingerprint density at radius 1 is 1.04 bits per heavy atom. The minimum absolute atomic E-state index is 0.128. The Balaban J connectivity index is 1.97. The molecule has 0 radical (unpaired) electrons. The summed E-state index contributed by atoms with van der Waals surface area (Å²) in [6.07, 6.45) is -3.38. The molecule has 0 saturated carbocycles. The van der Waals surface area contributed by atoms with Crippen molar-refractivity contribution >= 4 is 5.71 Å². The summed E-state index contributed by atoms with van der Waals surface area (Å²) in [5.41, 5.74) is 2.87. The van der Waals surface area contributed by atoms with E-state index in [0.717, 1.165) is 29.8 Å². The van der Waals surface area contributed by atoms with E-state index in [1.54, 1.807) is 0 Å². The molecule has 0 heterocycles. The number of halogens is 3. The molecule has 0 aliphatic rings. The van der Waals surface area contributed by atoms with Crippen LogP contribution in [0.5, 0.6) is 0 Å². The van der Waals surface area contributed by atoms with E-state index in [9.17, 15) is 13.2 Å². The Morgan fingerprint density at radius 3 is 2.35 bits per heavy atom. The number of benzene rings is 2. The second-order valence-corrected chi connectivity index (χ2v) is 5.20. The highest BCUT2D eigenvalue weighted by molar-refractivity contribution is 5.98. The number of alkyl halides is 3. The number of oxime groups is 1. The Hall–Kier alpha value is -2.30. The third kappa shape index (κ3) is 4.84. The summed E-state index contributed by atoms with van der Waals surface area (Å²) < 4.78 is 37.4. The van der Waals surface area contributed by atoms with Gasteiger partial charge in [0.25, 0.3) is 0 Å². The van der Waals surface area contributed by atoms with Crippen LogP contribution in [0.2, 0.25) is 0 Å². The van der Waals surface area contributed by atoms with Gasteiger partial charge in [0.05, 0.1) is 11.3 Å². The SMILES string of the molecule is CCc1cccc(/C(C)=N/OCc2ccc(C(F)(F)F)cc2)c1. The van der Waals surface area contributed by atoms with E-state index in [-0.39, 0.29) is 6.61 Å². The standard InChI is InChI=1S/C18H18F3NO/c1-3-14-5-4-6-16(11-14)13(2)22-23-12-15-7-9-17(10-8-15)18(19,20)21/h4-11H,3,12H2,1-2H3/b22-13+. The van der Waals surface area contributed by atoms with Gasteiger partial charge in [-0.05, 0) is 48.2 Å². The summed E-state index contributed by atoms with van der Waals surface area (Å²) in [5.74, 6) is 0. The Bertz CT molecular complexity index is 675. The first kappa shape index (κ1) is 17.1. The van der Waals surface area contributed by atoms with Gasteiger partial charge in [-0.1, -0.05) is 42.4 Å². The van der Waals surface area contributed by atoms with Gasteiger partial charge < -0.3 is 4.84 Å². The maximum Gasteiger partial charge on any atom is 0.416 e. The van der Waals surface area contributed by atoms with Crippen LogP contribution in [0.25, 0.3) is 0 Å². The molecule has 0 aliphatic heterocycles. The Labute approximate surface area is 133 Å². The summed E-state index contributed by atoms with van der Waals surface area (Å²) in [5, 5.41) is 4.03. The van der Waals surface area contributed by atoms with Gasteiger partial charge in [-0.15, -0.1) is 0 Å². The average molecular weight is 321 g/mol. The molecule has 0 bridgehead atoms. The second-order valence-electron chi connectivity index (χ2n) is 5.20. The molecule has 2 nitrogen and oxygen atoms in total. The minimum atomic E-state index is -4.32. The fourth-order valence-corrected chi connectivity index (χ4v) is 2.06. The molecule has 2 aromatic rings. The molecule has 0 atom stereocenters. The molecule has 0 aliphatic carbocycles. The normalized spacial score (nSPS) is 12.3. The molecule has 0 aromatic heterocycles. The van der Waals surface area contributed by atoms with Gasteiger partial charge in [-0.2, -0.15) is 13.2 Å². The van der Waals surface area contributed by atoms with Crippen LogP contribution in [0.15, 0.2) is 53.7 Å². The summed E-state index contributed by atoms with van der Waals surface area (Å²) in [7, 11) is 0. The lowest BCUT2D eigenvalue weighted by Gasteiger charge is -2.07. The zero-order valence-corrected chi connectivity index (χ0v) is 13.0. The van der Waals surface area contributed by atoms with Gasteiger partial charge in [0.15, 0.2) is 0 Å². The van der Waals surface area contributed by atoms with Crippen molar-refractivity contribution in [2.24, 2.45) is 5.16 Å².